The number of hydrogen-bond acceptors (Lipinski definition) is 4. The molecule has 0 fully saturated rings. The van der Waals surface area contributed by atoms with Crippen molar-refractivity contribution in [3.63, 3.8) is 0 Å². The molecule has 0 unspecified atom stereocenters. The molecule has 0 aliphatic heterocycles. The highest BCUT2D eigenvalue weighted by Gasteiger charge is 2.04. The molecule has 5 N–H and O–H groups in total. The van der Waals surface area contributed by atoms with Crippen LogP contribution in [0.3, 0.4) is 0 Å². The Kier molecular flexibility index (Phi) is 2.25. The molecule has 1 aromatic rings. The van der Waals surface area contributed by atoms with Crippen molar-refractivity contribution in [2.24, 2.45) is 5.73 Å². The zero-order chi connectivity index (χ0) is 9.14. The Bertz CT molecular complexity index is 312. The lowest BCUT2D eigenvalue weighted by atomic mass is 10.2. The molecule has 12 heavy (non-hydrogen) atoms. The van der Waals surface area contributed by atoms with Crippen molar-refractivity contribution in [2.75, 3.05) is 5.73 Å². The maximum absolute atomic E-state index is 10.6. The number of pyridine rings is 1. The number of amides is 1. The van der Waals surface area contributed by atoms with E-state index in [2.05, 4.69) is 4.98 Å². The van der Waals surface area contributed by atoms with Gasteiger partial charge >= 0.3 is 0 Å². The predicted octanol–water partition coefficient (Wildman–Crippen LogP) is -0.745. The highest BCUT2D eigenvalue weighted by atomic mass is 16.3. The molecule has 5 nitrogen and oxygen atoms in total. The van der Waals surface area contributed by atoms with Crippen LogP contribution in [-0.4, -0.2) is 16.0 Å². The summed E-state index contributed by atoms with van der Waals surface area (Å²) in [7, 11) is 0. The molecule has 0 saturated heterocycles. The van der Waals surface area contributed by atoms with Crippen LogP contribution in [0.1, 0.15) is 16.1 Å². The number of aromatic nitrogens is 1. The van der Waals surface area contributed by atoms with Crippen LogP contribution < -0.4 is 11.5 Å². The van der Waals surface area contributed by atoms with E-state index in [4.69, 9.17) is 16.6 Å². The van der Waals surface area contributed by atoms with Crippen molar-refractivity contribution < 1.29 is 9.90 Å². The summed E-state index contributed by atoms with van der Waals surface area (Å²) in [5.41, 5.74) is 11.3. The molecule has 1 heterocycles. The molecule has 64 valence electrons. The maximum Gasteiger partial charge on any atom is 0.267 e. The number of aliphatic hydroxyl groups excluding tert-OH is 1. The van der Waals surface area contributed by atoms with Gasteiger partial charge < -0.3 is 16.6 Å². The first-order valence-electron chi connectivity index (χ1n) is 3.30. The van der Waals surface area contributed by atoms with E-state index in [0.717, 1.165) is 0 Å². The fraction of sp³-hybridized carbons (Fsp3) is 0.143. The Hall–Kier alpha value is -1.62. The molecule has 0 aliphatic rings. The molecule has 0 aromatic carbocycles. The summed E-state index contributed by atoms with van der Waals surface area (Å²) in [6.45, 7) is -0.197. The van der Waals surface area contributed by atoms with Crippen molar-refractivity contribution in [1.29, 1.82) is 0 Å². The van der Waals surface area contributed by atoms with E-state index in [1.807, 2.05) is 0 Å². The lowest BCUT2D eigenvalue weighted by Gasteiger charge is -2.01. The Morgan fingerprint density at radius 3 is 2.75 bits per heavy atom. The second-order valence-electron chi connectivity index (χ2n) is 2.29. The molecule has 0 bridgehead atoms. The topological polar surface area (TPSA) is 102 Å². The normalized spacial score (nSPS) is 9.75. The van der Waals surface area contributed by atoms with Gasteiger partial charge in [-0.25, -0.2) is 0 Å². The summed E-state index contributed by atoms with van der Waals surface area (Å²) in [6, 6.07) is 1.34. The molecule has 0 saturated carbocycles. The highest BCUT2D eigenvalue weighted by Crippen LogP contribution is 2.10. The molecule has 1 aromatic heterocycles. The zero-order valence-corrected chi connectivity index (χ0v) is 6.32. The van der Waals surface area contributed by atoms with Crippen molar-refractivity contribution in [3.05, 3.63) is 23.5 Å². The first-order valence-corrected chi connectivity index (χ1v) is 3.30. The Morgan fingerprint density at radius 2 is 2.33 bits per heavy atom. The summed E-state index contributed by atoms with van der Waals surface area (Å²) in [5.74, 6) is -0.633. The summed E-state index contributed by atoms with van der Waals surface area (Å²) in [6.07, 6.45) is 1.33. The number of primary amides is 1. The number of anilines is 1. The van der Waals surface area contributed by atoms with Crippen LogP contribution in [0.25, 0.3) is 0 Å². The van der Waals surface area contributed by atoms with Crippen LogP contribution in [0, 0.1) is 0 Å². The molecule has 5 heteroatoms. The van der Waals surface area contributed by atoms with Crippen LogP contribution in [0.4, 0.5) is 5.69 Å². The van der Waals surface area contributed by atoms with Crippen LogP contribution in [-0.2, 0) is 6.61 Å². The first-order chi connectivity index (χ1) is 5.65. The molecular formula is C7H9N3O2. The fourth-order valence-electron chi connectivity index (χ4n) is 0.766. The number of carbonyl (C=O) groups excluding carboxylic acids is 1. The third kappa shape index (κ3) is 1.51. The van der Waals surface area contributed by atoms with E-state index in [9.17, 15) is 4.79 Å². The largest absolute Gasteiger partial charge is 0.398 e. The number of nitrogens with two attached hydrogens (primary N) is 2. The molecule has 0 aliphatic carbocycles. The Labute approximate surface area is 69.0 Å². The van der Waals surface area contributed by atoms with Crippen molar-refractivity contribution in [2.45, 2.75) is 6.61 Å². The van der Waals surface area contributed by atoms with Gasteiger partial charge in [0.1, 0.15) is 5.69 Å². The molecule has 1 rings (SSSR count). The van der Waals surface area contributed by atoms with E-state index in [0.29, 0.717) is 11.3 Å². The summed E-state index contributed by atoms with van der Waals surface area (Å²) in [4.78, 5) is 14.3. The van der Waals surface area contributed by atoms with Crippen LogP contribution >= 0.6 is 0 Å². The zero-order valence-electron chi connectivity index (χ0n) is 6.32. The van der Waals surface area contributed by atoms with Gasteiger partial charge in [-0.2, -0.15) is 0 Å². The van der Waals surface area contributed by atoms with E-state index < -0.39 is 5.91 Å². The fourth-order valence-corrected chi connectivity index (χ4v) is 0.766. The van der Waals surface area contributed by atoms with Crippen molar-refractivity contribution in [3.8, 4) is 0 Å². The van der Waals surface area contributed by atoms with Crippen LogP contribution in [0.2, 0.25) is 0 Å². The van der Waals surface area contributed by atoms with E-state index >= 15 is 0 Å². The standard InChI is InChI=1S/C7H9N3O2/c8-5-1-6(7(9)12)10-2-4(5)3-11/h1-2,11H,3H2,(H2,8,10)(H2,9,12). The first kappa shape index (κ1) is 8.48. The summed E-state index contributed by atoms with van der Waals surface area (Å²) in [5, 5.41) is 8.71. The maximum atomic E-state index is 10.6. The molecule has 0 spiro atoms. The number of carbonyl (C=O) groups is 1. The van der Waals surface area contributed by atoms with Gasteiger partial charge in [-0.05, 0) is 6.07 Å². The summed E-state index contributed by atoms with van der Waals surface area (Å²) >= 11 is 0. The third-order valence-electron chi connectivity index (χ3n) is 1.45. The number of hydrogen-bond donors (Lipinski definition) is 3. The van der Waals surface area contributed by atoms with Crippen molar-refractivity contribution >= 4 is 11.6 Å². The number of nitrogens with zero attached hydrogens (tertiary/aromatic N) is 1. The number of aliphatic hydroxyl groups is 1. The number of nitrogen functional groups attached to an aromatic ring is 1. The Morgan fingerprint density at radius 1 is 1.67 bits per heavy atom. The monoisotopic (exact) mass is 167 g/mol. The number of rotatable bonds is 2. The average Bonchev–Trinajstić information content (AvgIpc) is 2.04. The SMILES string of the molecule is NC(=O)c1cc(N)c(CO)cn1. The highest BCUT2D eigenvalue weighted by molar-refractivity contribution is 5.91. The van der Waals surface area contributed by atoms with E-state index in [-0.39, 0.29) is 12.3 Å². The van der Waals surface area contributed by atoms with Gasteiger partial charge in [0, 0.05) is 17.4 Å². The van der Waals surface area contributed by atoms with E-state index in [1.165, 1.54) is 12.3 Å². The van der Waals surface area contributed by atoms with Crippen LogP contribution in [0.15, 0.2) is 12.3 Å². The molecule has 0 atom stereocenters. The minimum absolute atomic E-state index is 0.102. The lowest BCUT2D eigenvalue weighted by Crippen LogP contribution is -2.13. The van der Waals surface area contributed by atoms with Gasteiger partial charge in [-0.1, -0.05) is 0 Å². The van der Waals surface area contributed by atoms with Gasteiger partial charge in [-0.15, -0.1) is 0 Å². The molecular weight excluding hydrogens is 158 g/mol. The quantitative estimate of drug-likeness (QED) is 0.539. The smallest absolute Gasteiger partial charge is 0.267 e. The van der Waals surface area contributed by atoms with Gasteiger partial charge in [0.05, 0.1) is 6.61 Å². The Balaban J connectivity index is 3.10. The third-order valence-corrected chi connectivity index (χ3v) is 1.45. The van der Waals surface area contributed by atoms with Crippen molar-refractivity contribution in [1.82, 2.24) is 4.98 Å². The van der Waals surface area contributed by atoms with E-state index in [1.54, 1.807) is 0 Å². The molecule has 0 radical (unpaired) electrons. The second-order valence-corrected chi connectivity index (χ2v) is 2.29. The minimum atomic E-state index is -0.633. The average molecular weight is 167 g/mol. The minimum Gasteiger partial charge on any atom is -0.398 e. The second kappa shape index (κ2) is 3.19. The lowest BCUT2D eigenvalue weighted by molar-refractivity contribution is 0.0995. The van der Waals surface area contributed by atoms with Gasteiger partial charge in [0.2, 0.25) is 0 Å². The van der Waals surface area contributed by atoms with Crippen LogP contribution in [0.5, 0.6) is 0 Å². The predicted molar refractivity (Wildman–Crippen MR) is 43.1 cm³/mol. The van der Waals surface area contributed by atoms with Gasteiger partial charge in [0.25, 0.3) is 5.91 Å². The van der Waals surface area contributed by atoms with Gasteiger partial charge in [-0.3, -0.25) is 9.78 Å². The van der Waals surface area contributed by atoms with Gasteiger partial charge in [0.15, 0.2) is 0 Å². The molecule has 1 amide bonds. The summed E-state index contributed by atoms with van der Waals surface area (Å²) < 4.78 is 0.